The van der Waals surface area contributed by atoms with E-state index in [9.17, 15) is 4.79 Å². The number of nitrogens with zero attached hydrogens (tertiary/aromatic N) is 3. The number of primary amides is 1. The Hall–Kier alpha value is -3.21. The molecule has 0 atom stereocenters. The molecule has 2 N–H and O–H groups in total. The van der Waals surface area contributed by atoms with E-state index in [1.54, 1.807) is 6.07 Å². The van der Waals surface area contributed by atoms with Gasteiger partial charge < -0.3 is 10.6 Å². The van der Waals surface area contributed by atoms with Gasteiger partial charge in [0, 0.05) is 19.2 Å². The molecule has 120 valence electrons. The van der Waals surface area contributed by atoms with Crippen LogP contribution >= 0.6 is 0 Å². The first-order valence-electron chi connectivity index (χ1n) is 7.63. The van der Waals surface area contributed by atoms with Gasteiger partial charge in [0.15, 0.2) is 0 Å². The van der Waals surface area contributed by atoms with Gasteiger partial charge in [-0.25, -0.2) is 9.97 Å². The van der Waals surface area contributed by atoms with Crippen LogP contribution in [0.4, 0.5) is 5.95 Å². The summed E-state index contributed by atoms with van der Waals surface area (Å²) in [6, 6.07) is 21.3. The number of hydrogen-bond donors (Lipinski definition) is 1. The van der Waals surface area contributed by atoms with Crippen LogP contribution in [0.25, 0.3) is 11.3 Å². The van der Waals surface area contributed by atoms with Crippen molar-refractivity contribution in [2.45, 2.75) is 6.54 Å². The van der Waals surface area contributed by atoms with Gasteiger partial charge in [-0.3, -0.25) is 4.79 Å². The average molecular weight is 318 g/mol. The van der Waals surface area contributed by atoms with Crippen molar-refractivity contribution >= 4 is 11.9 Å². The van der Waals surface area contributed by atoms with Gasteiger partial charge >= 0.3 is 0 Å². The lowest BCUT2D eigenvalue weighted by molar-refractivity contribution is 0.0995. The second kappa shape index (κ2) is 6.91. The maximum atomic E-state index is 11.6. The molecule has 0 saturated carbocycles. The number of amides is 1. The van der Waals surface area contributed by atoms with Crippen LogP contribution in [0.1, 0.15) is 16.1 Å². The first-order chi connectivity index (χ1) is 11.6. The van der Waals surface area contributed by atoms with E-state index >= 15 is 0 Å². The van der Waals surface area contributed by atoms with Crippen LogP contribution in [-0.2, 0) is 6.54 Å². The molecule has 0 fully saturated rings. The van der Waals surface area contributed by atoms with E-state index in [1.807, 2.05) is 72.6 Å². The summed E-state index contributed by atoms with van der Waals surface area (Å²) in [5, 5.41) is 0. The number of benzene rings is 2. The summed E-state index contributed by atoms with van der Waals surface area (Å²) in [7, 11) is 1.89. The molecule has 0 radical (unpaired) electrons. The number of carbonyl (C=O) groups excluding carboxylic acids is 1. The van der Waals surface area contributed by atoms with Crippen LogP contribution in [0.2, 0.25) is 0 Å². The highest BCUT2D eigenvalue weighted by molar-refractivity contribution is 5.92. The Kier molecular flexibility index (Phi) is 4.52. The van der Waals surface area contributed by atoms with E-state index in [1.165, 1.54) is 0 Å². The van der Waals surface area contributed by atoms with Gasteiger partial charge in [0.25, 0.3) is 5.91 Å². The molecular weight excluding hydrogens is 300 g/mol. The van der Waals surface area contributed by atoms with Crippen LogP contribution in [0.3, 0.4) is 0 Å². The highest BCUT2D eigenvalue weighted by Crippen LogP contribution is 2.21. The molecule has 0 saturated heterocycles. The third-order valence-electron chi connectivity index (χ3n) is 3.64. The molecule has 2 aromatic carbocycles. The molecule has 5 heteroatoms. The Balaban J connectivity index is 1.97. The van der Waals surface area contributed by atoms with Crippen molar-refractivity contribution in [3.63, 3.8) is 0 Å². The number of anilines is 1. The molecule has 0 aliphatic rings. The highest BCUT2D eigenvalue weighted by Gasteiger charge is 2.13. The molecule has 3 aromatic rings. The first-order valence-corrected chi connectivity index (χ1v) is 7.63. The molecular formula is C19H18N4O. The molecule has 1 heterocycles. The Morgan fingerprint density at radius 2 is 1.62 bits per heavy atom. The third-order valence-corrected chi connectivity index (χ3v) is 3.64. The van der Waals surface area contributed by atoms with Crippen molar-refractivity contribution in [3.8, 4) is 11.3 Å². The summed E-state index contributed by atoms with van der Waals surface area (Å²) in [5.41, 5.74) is 8.36. The zero-order chi connectivity index (χ0) is 16.9. The molecule has 0 aliphatic heterocycles. The molecule has 0 aliphatic carbocycles. The van der Waals surface area contributed by atoms with Crippen LogP contribution in [0.15, 0.2) is 66.7 Å². The molecule has 0 unspecified atom stereocenters. The van der Waals surface area contributed by atoms with Crippen molar-refractivity contribution in [2.24, 2.45) is 5.73 Å². The fourth-order valence-corrected chi connectivity index (χ4v) is 2.42. The van der Waals surface area contributed by atoms with Crippen LogP contribution < -0.4 is 10.6 Å². The van der Waals surface area contributed by atoms with Gasteiger partial charge in [-0.2, -0.15) is 0 Å². The molecule has 0 spiro atoms. The number of rotatable bonds is 5. The van der Waals surface area contributed by atoms with Crippen LogP contribution in [0.5, 0.6) is 0 Å². The van der Waals surface area contributed by atoms with Crippen molar-refractivity contribution in [3.05, 3.63) is 78.0 Å². The quantitative estimate of drug-likeness (QED) is 0.785. The van der Waals surface area contributed by atoms with E-state index in [2.05, 4.69) is 9.97 Å². The summed E-state index contributed by atoms with van der Waals surface area (Å²) in [4.78, 5) is 22.4. The summed E-state index contributed by atoms with van der Waals surface area (Å²) >= 11 is 0. The maximum Gasteiger partial charge on any atom is 0.267 e. The SMILES string of the molecule is CN(Cc1ccccc1)c1nc(C(N)=O)cc(-c2ccccc2)n1. The topological polar surface area (TPSA) is 72.1 Å². The van der Waals surface area contributed by atoms with Crippen molar-refractivity contribution in [1.29, 1.82) is 0 Å². The van der Waals surface area contributed by atoms with Crippen LogP contribution in [-0.4, -0.2) is 22.9 Å². The zero-order valence-corrected chi connectivity index (χ0v) is 13.4. The van der Waals surface area contributed by atoms with Gasteiger partial charge in [0.05, 0.1) is 5.69 Å². The van der Waals surface area contributed by atoms with Crippen molar-refractivity contribution < 1.29 is 4.79 Å². The molecule has 5 nitrogen and oxygen atoms in total. The lowest BCUT2D eigenvalue weighted by Gasteiger charge is -2.18. The van der Waals surface area contributed by atoms with Gasteiger partial charge in [0.1, 0.15) is 5.69 Å². The number of nitrogens with two attached hydrogens (primary N) is 1. The normalized spacial score (nSPS) is 10.4. The lowest BCUT2D eigenvalue weighted by atomic mass is 10.1. The van der Waals surface area contributed by atoms with Gasteiger partial charge in [0.2, 0.25) is 5.95 Å². The Labute approximate surface area is 140 Å². The largest absolute Gasteiger partial charge is 0.364 e. The van der Waals surface area contributed by atoms with Crippen molar-refractivity contribution in [1.82, 2.24) is 9.97 Å². The second-order valence-electron chi connectivity index (χ2n) is 5.51. The molecule has 1 amide bonds. The molecule has 3 rings (SSSR count). The van der Waals surface area contributed by atoms with Gasteiger partial charge in [-0.05, 0) is 11.6 Å². The smallest absolute Gasteiger partial charge is 0.267 e. The van der Waals surface area contributed by atoms with E-state index in [0.717, 1.165) is 11.1 Å². The maximum absolute atomic E-state index is 11.6. The monoisotopic (exact) mass is 318 g/mol. The van der Waals surface area contributed by atoms with E-state index < -0.39 is 5.91 Å². The van der Waals surface area contributed by atoms with E-state index in [-0.39, 0.29) is 5.69 Å². The third kappa shape index (κ3) is 3.57. The predicted molar refractivity (Wildman–Crippen MR) is 94.5 cm³/mol. The van der Waals surface area contributed by atoms with Crippen LogP contribution in [0, 0.1) is 0 Å². The molecule has 24 heavy (non-hydrogen) atoms. The lowest BCUT2D eigenvalue weighted by Crippen LogP contribution is -2.22. The second-order valence-corrected chi connectivity index (χ2v) is 5.51. The Bertz CT molecular complexity index is 835. The zero-order valence-electron chi connectivity index (χ0n) is 13.4. The summed E-state index contributed by atoms with van der Waals surface area (Å²) < 4.78 is 0. The standard InChI is InChI=1S/C19H18N4O/c1-23(13-14-8-4-2-5-9-14)19-21-16(12-17(22-19)18(20)24)15-10-6-3-7-11-15/h2-12H,13H2,1H3,(H2,20,24). The number of aromatic nitrogens is 2. The minimum absolute atomic E-state index is 0.207. The number of carbonyl (C=O) groups is 1. The van der Waals surface area contributed by atoms with Gasteiger partial charge in [-0.1, -0.05) is 60.7 Å². The molecule has 1 aromatic heterocycles. The van der Waals surface area contributed by atoms with E-state index in [4.69, 9.17) is 5.73 Å². The summed E-state index contributed by atoms with van der Waals surface area (Å²) in [6.45, 7) is 0.636. The minimum Gasteiger partial charge on any atom is -0.364 e. The first kappa shape index (κ1) is 15.7. The fourth-order valence-electron chi connectivity index (χ4n) is 2.42. The minimum atomic E-state index is -0.566. The highest BCUT2D eigenvalue weighted by atomic mass is 16.1. The average Bonchev–Trinajstić information content (AvgIpc) is 2.63. The summed E-state index contributed by atoms with van der Waals surface area (Å²) in [6.07, 6.45) is 0. The van der Waals surface area contributed by atoms with Gasteiger partial charge in [-0.15, -0.1) is 0 Å². The number of hydrogen-bond acceptors (Lipinski definition) is 4. The van der Waals surface area contributed by atoms with Crippen molar-refractivity contribution in [2.75, 3.05) is 11.9 Å². The predicted octanol–water partition coefficient (Wildman–Crippen LogP) is 2.88. The Morgan fingerprint density at radius 1 is 1.00 bits per heavy atom. The summed E-state index contributed by atoms with van der Waals surface area (Å²) in [5.74, 6) is -0.0991. The molecule has 0 bridgehead atoms. The Morgan fingerprint density at radius 3 is 2.25 bits per heavy atom. The fraction of sp³-hybridized carbons (Fsp3) is 0.105. The van der Waals surface area contributed by atoms with E-state index in [0.29, 0.717) is 18.2 Å².